The number of anilines is 1. The van der Waals surface area contributed by atoms with Crippen molar-refractivity contribution in [1.29, 1.82) is 5.41 Å². The molecule has 3 N–H and O–H groups in total. The zero-order valence-corrected chi connectivity index (χ0v) is 12.2. The van der Waals surface area contributed by atoms with Gasteiger partial charge in [0.05, 0.1) is 0 Å². The molecule has 108 valence electrons. The van der Waals surface area contributed by atoms with E-state index in [0.29, 0.717) is 11.6 Å². The van der Waals surface area contributed by atoms with Gasteiger partial charge >= 0.3 is 0 Å². The first-order valence-corrected chi connectivity index (χ1v) is 7.25. The lowest BCUT2D eigenvalue weighted by molar-refractivity contribution is 0.530. The molecule has 0 amide bonds. The fraction of sp³-hybridized carbons (Fsp3) is 0.294. The van der Waals surface area contributed by atoms with Crippen molar-refractivity contribution >= 4 is 11.5 Å². The zero-order valence-electron chi connectivity index (χ0n) is 12.2. The van der Waals surface area contributed by atoms with E-state index in [2.05, 4.69) is 41.1 Å². The molecule has 0 bridgehead atoms. The molecule has 0 saturated heterocycles. The van der Waals surface area contributed by atoms with Gasteiger partial charge in [0, 0.05) is 25.0 Å². The van der Waals surface area contributed by atoms with Crippen LogP contribution in [0.1, 0.15) is 23.7 Å². The Morgan fingerprint density at radius 1 is 1.38 bits per heavy atom. The van der Waals surface area contributed by atoms with Gasteiger partial charge in [0.15, 0.2) is 0 Å². The predicted molar refractivity (Wildman–Crippen MR) is 85.6 cm³/mol. The van der Waals surface area contributed by atoms with Gasteiger partial charge in [-0.2, -0.15) is 0 Å². The summed E-state index contributed by atoms with van der Waals surface area (Å²) in [5.41, 5.74) is 9.94. The van der Waals surface area contributed by atoms with E-state index in [-0.39, 0.29) is 5.84 Å². The summed E-state index contributed by atoms with van der Waals surface area (Å²) in [7, 11) is 0. The molecule has 2 aromatic rings. The first-order valence-electron chi connectivity index (χ1n) is 7.25. The van der Waals surface area contributed by atoms with Crippen molar-refractivity contribution in [2.45, 2.75) is 19.9 Å². The number of hydrogen-bond donors (Lipinski definition) is 2. The average Bonchev–Trinajstić information content (AvgIpc) is 2.47. The number of rotatable bonds is 3. The van der Waals surface area contributed by atoms with E-state index in [1.165, 1.54) is 11.3 Å². The summed E-state index contributed by atoms with van der Waals surface area (Å²) in [6.07, 6.45) is 2.87. The van der Waals surface area contributed by atoms with Gasteiger partial charge in [-0.1, -0.05) is 25.1 Å². The Kier molecular flexibility index (Phi) is 3.60. The second-order valence-corrected chi connectivity index (χ2v) is 5.78. The third kappa shape index (κ3) is 2.89. The van der Waals surface area contributed by atoms with E-state index in [4.69, 9.17) is 11.1 Å². The van der Waals surface area contributed by atoms with E-state index in [1.807, 2.05) is 12.1 Å². The fourth-order valence-corrected chi connectivity index (χ4v) is 3.00. The van der Waals surface area contributed by atoms with Crippen molar-refractivity contribution in [3.05, 3.63) is 59.4 Å². The van der Waals surface area contributed by atoms with Gasteiger partial charge < -0.3 is 10.6 Å². The Labute approximate surface area is 125 Å². The summed E-state index contributed by atoms with van der Waals surface area (Å²) in [5.74, 6) is 0.665. The van der Waals surface area contributed by atoms with Crippen LogP contribution in [0, 0.1) is 11.3 Å². The lowest BCUT2D eigenvalue weighted by atomic mass is 9.93. The van der Waals surface area contributed by atoms with E-state index in [1.54, 1.807) is 6.20 Å². The molecule has 21 heavy (non-hydrogen) atoms. The highest BCUT2D eigenvalue weighted by Gasteiger charge is 2.21. The van der Waals surface area contributed by atoms with Gasteiger partial charge in [-0.25, -0.2) is 0 Å². The molecule has 1 unspecified atom stereocenters. The largest absolute Gasteiger partial charge is 0.382 e. The number of benzene rings is 1. The van der Waals surface area contributed by atoms with Crippen LogP contribution in [0.5, 0.6) is 0 Å². The van der Waals surface area contributed by atoms with Gasteiger partial charge in [-0.15, -0.1) is 0 Å². The Morgan fingerprint density at radius 3 is 3.00 bits per heavy atom. The smallest absolute Gasteiger partial charge is 0.141 e. The molecule has 1 aromatic carbocycles. The Bertz CT molecular complexity index is 665. The minimum absolute atomic E-state index is 0.0178. The second kappa shape index (κ2) is 5.56. The Hall–Kier alpha value is -2.36. The van der Waals surface area contributed by atoms with E-state index < -0.39 is 0 Å². The maximum Gasteiger partial charge on any atom is 0.141 e. The van der Waals surface area contributed by atoms with Crippen molar-refractivity contribution in [2.75, 3.05) is 11.4 Å². The number of fused-ring (bicyclic) bond motifs is 1. The fourth-order valence-electron chi connectivity index (χ4n) is 3.00. The monoisotopic (exact) mass is 280 g/mol. The van der Waals surface area contributed by atoms with E-state index in [9.17, 15) is 0 Å². The molecular formula is C17H20N4. The van der Waals surface area contributed by atoms with Crippen LogP contribution < -0.4 is 10.6 Å². The maximum atomic E-state index is 7.50. The second-order valence-electron chi connectivity index (χ2n) is 5.78. The molecule has 3 rings (SSSR count). The van der Waals surface area contributed by atoms with Crippen LogP contribution in [0.3, 0.4) is 0 Å². The van der Waals surface area contributed by atoms with Crippen LogP contribution in [0.15, 0.2) is 42.6 Å². The summed E-state index contributed by atoms with van der Waals surface area (Å²) < 4.78 is 0. The Morgan fingerprint density at radius 2 is 2.19 bits per heavy atom. The molecule has 1 aliphatic rings. The number of amidine groups is 1. The van der Waals surface area contributed by atoms with Crippen LogP contribution in [0.25, 0.3) is 0 Å². The summed E-state index contributed by atoms with van der Waals surface area (Å²) in [5, 5.41) is 7.50. The van der Waals surface area contributed by atoms with E-state index in [0.717, 1.165) is 25.1 Å². The van der Waals surface area contributed by atoms with Crippen molar-refractivity contribution < 1.29 is 0 Å². The molecule has 0 radical (unpaired) electrons. The maximum absolute atomic E-state index is 7.50. The first-order chi connectivity index (χ1) is 10.1. The molecule has 4 nitrogen and oxygen atoms in total. The summed E-state index contributed by atoms with van der Waals surface area (Å²) in [6.45, 7) is 4.16. The molecule has 4 heteroatoms. The number of nitrogen functional groups attached to an aromatic ring is 1. The van der Waals surface area contributed by atoms with Gasteiger partial charge in [-0.05, 0) is 41.7 Å². The number of pyridine rings is 1. The quantitative estimate of drug-likeness (QED) is 0.671. The number of nitrogens with two attached hydrogens (primary N) is 1. The average molecular weight is 280 g/mol. The number of aromatic nitrogens is 1. The van der Waals surface area contributed by atoms with Crippen molar-refractivity contribution in [3.63, 3.8) is 0 Å². The SMILES string of the molecule is CC1Cc2ccccc2N(Cc2ccnc(C(=N)N)c2)C1. The highest BCUT2D eigenvalue weighted by atomic mass is 15.1. The van der Waals surface area contributed by atoms with Crippen LogP contribution in [0.4, 0.5) is 5.69 Å². The molecule has 1 aliphatic heterocycles. The highest BCUT2D eigenvalue weighted by molar-refractivity contribution is 5.93. The van der Waals surface area contributed by atoms with Gasteiger partial charge in [0.1, 0.15) is 11.5 Å². The van der Waals surface area contributed by atoms with Crippen molar-refractivity contribution in [1.82, 2.24) is 4.98 Å². The van der Waals surface area contributed by atoms with Crippen molar-refractivity contribution in [3.8, 4) is 0 Å². The van der Waals surface area contributed by atoms with Gasteiger partial charge in [-0.3, -0.25) is 10.4 Å². The molecule has 1 atom stereocenters. The third-order valence-corrected chi connectivity index (χ3v) is 3.91. The molecular weight excluding hydrogens is 260 g/mol. The summed E-state index contributed by atoms with van der Waals surface area (Å²) in [4.78, 5) is 6.53. The van der Waals surface area contributed by atoms with Crippen LogP contribution in [-0.4, -0.2) is 17.4 Å². The zero-order chi connectivity index (χ0) is 14.8. The number of nitrogens with zero attached hydrogens (tertiary/aromatic N) is 2. The molecule has 1 aromatic heterocycles. The third-order valence-electron chi connectivity index (χ3n) is 3.91. The van der Waals surface area contributed by atoms with Crippen LogP contribution in [0.2, 0.25) is 0 Å². The van der Waals surface area contributed by atoms with Crippen molar-refractivity contribution in [2.24, 2.45) is 11.7 Å². The van der Waals surface area contributed by atoms with Gasteiger partial charge in [0.2, 0.25) is 0 Å². The highest BCUT2D eigenvalue weighted by Crippen LogP contribution is 2.30. The number of para-hydroxylation sites is 1. The summed E-state index contributed by atoms with van der Waals surface area (Å²) >= 11 is 0. The molecule has 2 heterocycles. The molecule has 0 aliphatic carbocycles. The lowest BCUT2D eigenvalue weighted by Crippen LogP contribution is -2.33. The minimum atomic E-state index is 0.0178. The van der Waals surface area contributed by atoms with Crippen LogP contribution in [-0.2, 0) is 13.0 Å². The molecule has 0 saturated carbocycles. The molecule has 0 fully saturated rings. The van der Waals surface area contributed by atoms with Crippen LogP contribution >= 0.6 is 0 Å². The number of nitrogens with one attached hydrogen (secondary N) is 1. The Balaban J connectivity index is 1.88. The normalized spacial score (nSPS) is 17.4. The molecule has 0 spiro atoms. The number of hydrogen-bond acceptors (Lipinski definition) is 3. The predicted octanol–water partition coefficient (Wildman–Crippen LogP) is 2.56. The summed E-state index contributed by atoms with van der Waals surface area (Å²) in [6, 6.07) is 12.5. The standard InChI is InChI=1S/C17H20N4/c1-12-8-14-4-2-3-5-16(14)21(10-12)11-13-6-7-20-15(9-13)17(18)19/h2-7,9,12H,8,10-11H2,1H3,(H3,18,19). The topological polar surface area (TPSA) is 66.0 Å². The van der Waals surface area contributed by atoms with E-state index >= 15 is 0 Å². The minimum Gasteiger partial charge on any atom is -0.382 e. The lowest BCUT2D eigenvalue weighted by Gasteiger charge is -2.35. The van der Waals surface area contributed by atoms with Gasteiger partial charge in [0.25, 0.3) is 0 Å². The first kappa shape index (κ1) is 13.6.